The number of hydrogen-bond donors (Lipinski definition) is 0. The largest absolute Gasteiger partial charge is 0.407 e. The molecule has 20 heavy (non-hydrogen) atoms. The molecule has 0 aromatic heterocycles. The van der Waals surface area contributed by atoms with E-state index in [2.05, 4.69) is 47.7 Å². The Morgan fingerprint density at radius 2 is 1.75 bits per heavy atom. The van der Waals surface area contributed by atoms with E-state index in [1.54, 1.807) is 6.92 Å². The number of aldehydes is 1. The first-order valence-corrected chi connectivity index (χ1v) is 10.4. The van der Waals surface area contributed by atoms with Crippen molar-refractivity contribution < 1.29 is 14.0 Å². The Morgan fingerprint density at radius 3 is 2.05 bits per heavy atom. The summed E-state index contributed by atoms with van der Waals surface area (Å²) in [7, 11) is -1.96. The maximum Gasteiger partial charge on any atom is 0.193 e. The van der Waals surface area contributed by atoms with Crippen LogP contribution in [0.25, 0.3) is 0 Å². The minimum atomic E-state index is -1.96. The molecule has 0 saturated carbocycles. The summed E-state index contributed by atoms with van der Waals surface area (Å²) in [6.07, 6.45) is 1.73. The Hall–Kier alpha value is -0.483. The summed E-state index contributed by atoms with van der Waals surface area (Å²) in [4.78, 5) is 22.7. The highest BCUT2D eigenvalue weighted by atomic mass is 28.4. The summed E-state index contributed by atoms with van der Waals surface area (Å²) >= 11 is 0. The molecule has 0 heterocycles. The highest BCUT2D eigenvalue weighted by molar-refractivity contribution is 6.74. The Morgan fingerprint density at radius 1 is 1.25 bits per heavy atom. The van der Waals surface area contributed by atoms with E-state index in [1.807, 2.05) is 0 Å². The predicted octanol–water partition coefficient (Wildman–Crippen LogP) is 4.22. The van der Waals surface area contributed by atoms with Gasteiger partial charge >= 0.3 is 0 Å². The van der Waals surface area contributed by atoms with Gasteiger partial charge in [-0.25, -0.2) is 0 Å². The number of rotatable bonds is 8. The monoisotopic (exact) mass is 300 g/mol. The molecule has 0 rings (SSSR count). The molecule has 0 aliphatic heterocycles. The lowest BCUT2D eigenvalue weighted by Gasteiger charge is -2.39. The van der Waals surface area contributed by atoms with Crippen LogP contribution in [-0.2, 0) is 14.0 Å². The van der Waals surface area contributed by atoms with Gasteiger partial charge in [-0.3, -0.25) is 4.79 Å². The number of ketones is 1. The van der Waals surface area contributed by atoms with Gasteiger partial charge in [0, 0.05) is 6.42 Å². The van der Waals surface area contributed by atoms with Crippen molar-refractivity contribution in [1.29, 1.82) is 0 Å². The predicted molar refractivity (Wildman–Crippen MR) is 86.4 cm³/mol. The number of carbonyl (C=O) groups excluding carboxylic acids is 2. The van der Waals surface area contributed by atoms with Crippen LogP contribution in [0.5, 0.6) is 0 Å². The second-order valence-electron chi connectivity index (χ2n) is 7.62. The first-order valence-electron chi connectivity index (χ1n) is 7.54. The standard InChI is InChI=1S/C16H32O3Si/c1-12(2)14(9-10-17)11-15(13(3)18)19-20(7,8)16(4,5)6/h10,12,14-15H,9,11H2,1-8H3/t14-,15-/m1/s1. The Kier molecular flexibility index (Phi) is 7.32. The molecule has 0 amide bonds. The van der Waals surface area contributed by atoms with Gasteiger partial charge in [-0.05, 0) is 43.3 Å². The molecule has 0 radical (unpaired) electrons. The van der Waals surface area contributed by atoms with Crippen LogP contribution in [0.15, 0.2) is 0 Å². The van der Waals surface area contributed by atoms with Crippen molar-refractivity contribution in [2.24, 2.45) is 11.8 Å². The van der Waals surface area contributed by atoms with Crippen LogP contribution >= 0.6 is 0 Å². The third-order valence-corrected chi connectivity index (χ3v) is 9.04. The molecular formula is C16H32O3Si. The Balaban J connectivity index is 4.99. The first-order chi connectivity index (χ1) is 8.92. The molecule has 0 spiro atoms. The van der Waals surface area contributed by atoms with Gasteiger partial charge in [-0.1, -0.05) is 34.6 Å². The lowest BCUT2D eigenvalue weighted by molar-refractivity contribution is -0.125. The molecule has 2 atom stereocenters. The van der Waals surface area contributed by atoms with Gasteiger partial charge in [0.1, 0.15) is 12.4 Å². The van der Waals surface area contributed by atoms with E-state index >= 15 is 0 Å². The molecule has 0 aliphatic rings. The molecular weight excluding hydrogens is 268 g/mol. The Bertz CT molecular complexity index is 329. The number of hydrogen-bond acceptors (Lipinski definition) is 3. The van der Waals surface area contributed by atoms with Crippen LogP contribution in [0.1, 0.15) is 54.4 Å². The lowest BCUT2D eigenvalue weighted by Crippen LogP contribution is -2.46. The number of Topliss-reactive ketones (excluding diaryl/α,β-unsaturated/α-hetero) is 1. The maximum absolute atomic E-state index is 11.9. The van der Waals surface area contributed by atoms with E-state index in [-0.39, 0.29) is 22.8 Å². The fourth-order valence-electron chi connectivity index (χ4n) is 1.87. The molecule has 0 N–H and O–H groups in total. The van der Waals surface area contributed by atoms with Gasteiger partial charge in [-0.15, -0.1) is 0 Å². The summed E-state index contributed by atoms with van der Waals surface area (Å²) in [6, 6.07) is 0. The Labute approximate surface area is 125 Å². The molecule has 0 aliphatic carbocycles. The van der Waals surface area contributed by atoms with Crippen LogP contribution in [0, 0.1) is 11.8 Å². The van der Waals surface area contributed by atoms with Crippen molar-refractivity contribution in [3.05, 3.63) is 0 Å². The third-order valence-electron chi connectivity index (χ3n) is 4.56. The van der Waals surface area contributed by atoms with Crippen molar-refractivity contribution in [2.75, 3.05) is 0 Å². The summed E-state index contributed by atoms with van der Waals surface area (Å²) < 4.78 is 6.26. The van der Waals surface area contributed by atoms with Gasteiger partial charge in [0.25, 0.3) is 0 Å². The summed E-state index contributed by atoms with van der Waals surface area (Å²) in [5.41, 5.74) is 0. The van der Waals surface area contributed by atoms with Crippen molar-refractivity contribution in [3.63, 3.8) is 0 Å². The maximum atomic E-state index is 11.9. The van der Waals surface area contributed by atoms with E-state index in [9.17, 15) is 9.59 Å². The summed E-state index contributed by atoms with van der Waals surface area (Å²) in [5, 5.41) is 0.0820. The number of carbonyl (C=O) groups is 2. The molecule has 0 bridgehead atoms. The molecule has 0 aromatic rings. The quantitative estimate of drug-likeness (QED) is 0.498. The van der Waals surface area contributed by atoms with Crippen LogP contribution in [-0.4, -0.2) is 26.5 Å². The van der Waals surface area contributed by atoms with Gasteiger partial charge in [0.15, 0.2) is 14.1 Å². The average Bonchev–Trinajstić information content (AvgIpc) is 2.24. The smallest absolute Gasteiger partial charge is 0.193 e. The summed E-state index contributed by atoms with van der Waals surface area (Å²) in [5.74, 6) is 0.669. The van der Waals surface area contributed by atoms with Crippen molar-refractivity contribution in [1.82, 2.24) is 0 Å². The average molecular weight is 301 g/mol. The molecule has 0 fully saturated rings. The molecule has 4 heteroatoms. The van der Waals surface area contributed by atoms with Crippen molar-refractivity contribution >= 4 is 20.4 Å². The van der Waals surface area contributed by atoms with Crippen molar-refractivity contribution in [3.8, 4) is 0 Å². The highest BCUT2D eigenvalue weighted by Gasteiger charge is 2.40. The molecule has 118 valence electrons. The molecule has 3 nitrogen and oxygen atoms in total. The van der Waals surface area contributed by atoms with E-state index in [4.69, 9.17) is 4.43 Å². The van der Waals surface area contributed by atoms with Gasteiger partial charge in [-0.2, -0.15) is 0 Å². The zero-order valence-electron chi connectivity index (χ0n) is 14.4. The molecule has 0 unspecified atom stereocenters. The second kappa shape index (κ2) is 7.50. The second-order valence-corrected chi connectivity index (χ2v) is 12.4. The zero-order chi connectivity index (χ0) is 16.1. The fraction of sp³-hybridized carbons (Fsp3) is 0.875. The van der Waals surface area contributed by atoms with Crippen LogP contribution < -0.4 is 0 Å². The normalized spacial score (nSPS) is 16.1. The SMILES string of the molecule is CC(=O)[C@@H](C[C@@H](CC=O)C(C)C)O[Si](C)(C)C(C)(C)C. The van der Waals surface area contributed by atoms with Crippen LogP contribution in [0.3, 0.4) is 0 Å². The van der Waals surface area contributed by atoms with Gasteiger partial charge in [0.2, 0.25) is 0 Å². The van der Waals surface area contributed by atoms with Crippen LogP contribution in [0.4, 0.5) is 0 Å². The van der Waals surface area contributed by atoms with Gasteiger partial charge in [0.05, 0.1) is 0 Å². The van der Waals surface area contributed by atoms with Gasteiger partial charge < -0.3 is 9.22 Å². The minimum Gasteiger partial charge on any atom is -0.407 e. The summed E-state index contributed by atoms with van der Waals surface area (Å²) in [6.45, 7) is 16.6. The topological polar surface area (TPSA) is 43.4 Å². The highest BCUT2D eigenvalue weighted by Crippen LogP contribution is 2.38. The van der Waals surface area contributed by atoms with E-state index in [0.29, 0.717) is 18.8 Å². The van der Waals surface area contributed by atoms with E-state index in [1.165, 1.54) is 0 Å². The lowest BCUT2D eigenvalue weighted by atomic mass is 9.87. The fourth-order valence-corrected chi connectivity index (χ4v) is 3.20. The third kappa shape index (κ3) is 5.88. The van der Waals surface area contributed by atoms with E-state index in [0.717, 1.165) is 6.29 Å². The molecule has 0 aromatic carbocycles. The first kappa shape index (κ1) is 19.5. The molecule has 0 saturated heterocycles. The minimum absolute atomic E-state index is 0.0753. The van der Waals surface area contributed by atoms with Crippen LogP contribution in [0.2, 0.25) is 18.1 Å². The zero-order valence-corrected chi connectivity index (χ0v) is 15.4. The van der Waals surface area contributed by atoms with Crippen molar-refractivity contribution in [2.45, 2.75) is 78.6 Å². The van der Waals surface area contributed by atoms with E-state index < -0.39 is 8.32 Å².